The van der Waals surface area contributed by atoms with Gasteiger partial charge in [-0.25, -0.2) is 0 Å². The van der Waals surface area contributed by atoms with E-state index >= 15 is 0 Å². The number of thiol groups is 1. The van der Waals surface area contributed by atoms with Gasteiger partial charge in [0.25, 0.3) is 0 Å². The summed E-state index contributed by atoms with van der Waals surface area (Å²) in [4.78, 5) is 0. The van der Waals surface area contributed by atoms with Crippen LogP contribution in [-0.4, -0.2) is 58.7 Å². The van der Waals surface area contributed by atoms with E-state index in [0.29, 0.717) is 14.3 Å². The maximum absolute atomic E-state index is 5.93. The molecule has 1 aliphatic heterocycles. The molecule has 0 amide bonds. The molecule has 0 aromatic rings. The highest BCUT2D eigenvalue weighted by Gasteiger charge is 2.57. The lowest BCUT2D eigenvalue weighted by atomic mass is 9.90. The van der Waals surface area contributed by atoms with Crippen molar-refractivity contribution in [1.82, 2.24) is 0 Å². The summed E-state index contributed by atoms with van der Waals surface area (Å²) >= 11 is 4.13. The average Bonchev–Trinajstić information content (AvgIpc) is 3.28. The number of unbranched alkanes of at least 4 members (excludes halogenated alkanes) is 1. The Balaban J connectivity index is 2.69. The molecule has 0 aromatic heterocycles. The maximum atomic E-state index is 5.93. The van der Waals surface area contributed by atoms with Gasteiger partial charge in [0, 0.05) is 20.1 Å². The van der Waals surface area contributed by atoms with Crippen molar-refractivity contribution in [2.75, 3.05) is 27.6 Å². The van der Waals surface area contributed by atoms with Crippen molar-refractivity contribution >= 4 is 27.1 Å². The molecule has 143 valence electrons. The minimum atomic E-state index is -0.303. The molecular formula is C17H31BO5PS. The second-order valence-corrected chi connectivity index (χ2v) is 7.57. The highest BCUT2D eigenvalue weighted by molar-refractivity contribution is 8.46. The molecule has 0 bridgehead atoms. The SMILES string of the molecule is C=CCC/C=C/[C@H](OC)[C@@H](OCOC)[C@H](C)[C@H]1O[C@@]1(C)CO[B]PS. The van der Waals surface area contributed by atoms with Crippen molar-refractivity contribution in [2.24, 2.45) is 5.92 Å². The summed E-state index contributed by atoms with van der Waals surface area (Å²) in [5.74, 6) is 0.121. The van der Waals surface area contributed by atoms with Gasteiger partial charge in [0.1, 0.15) is 18.5 Å². The van der Waals surface area contributed by atoms with E-state index in [1.807, 2.05) is 12.2 Å². The fraction of sp³-hybridized carbons (Fsp3) is 0.765. The first-order chi connectivity index (χ1) is 12.0. The third kappa shape index (κ3) is 7.71. The van der Waals surface area contributed by atoms with Crippen LogP contribution in [-0.2, 0) is 23.6 Å². The Morgan fingerprint density at radius 3 is 2.76 bits per heavy atom. The van der Waals surface area contributed by atoms with E-state index in [4.69, 9.17) is 23.6 Å². The van der Waals surface area contributed by atoms with Crippen molar-refractivity contribution < 1.29 is 23.6 Å². The predicted octanol–water partition coefficient (Wildman–Crippen LogP) is 3.38. The Bertz CT molecular complexity index is 414. The number of ether oxygens (including phenoxy) is 4. The lowest BCUT2D eigenvalue weighted by Gasteiger charge is -2.29. The van der Waals surface area contributed by atoms with Crippen LogP contribution in [0.25, 0.3) is 0 Å². The number of methoxy groups -OCH3 is 2. The van der Waals surface area contributed by atoms with Gasteiger partial charge in [-0.15, -0.1) is 6.58 Å². The van der Waals surface area contributed by atoms with Crippen LogP contribution in [0.4, 0.5) is 0 Å². The fourth-order valence-electron chi connectivity index (χ4n) is 2.91. The zero-order chi connectivity index (χ0) is 18.7. The second kappa shape index (κ2) is 12.5. The molecule has 25 heavy (non-hydrogen) atoms. The first-order valence-corrected chi connectivity index (χ1v) is 10.8. The van der Waals surface area contributed by atoms with E-state index in [2.05, 4.69) is 38.8 Å². The molecule has 1 radical (unpaired) electrons. The summed E-state index contributed by atoms with van der Waals surface area (Å²) in [6.07, 6.45) is 7.62. The minimum absolute atomic E-state index is 0.0465. The van der Waals surface area contributed by atoms with Crippen LogP contribution >= 0.6 is 19.9 Å². The third-order valence-corrected chi connectivity index (χ3v) is 4.87. The van der Waals surface area contributed by atoms with E-state index in [1.54, 1.807) is 21.4 Å². The number of epoxide rings is 1. The molecule has 1 aliphatic rings. The van der Waals surface area contributed by atoms with Crippen molar-refractivity contribution in [3.05, 3.63) is 24.8 Å². The van der Waals surface area contributed by atoms with Crippen molar-refractivity contribution in [3.63, 3.8) is 0 Å². The van der Waals surface area contributed by atoms with Crippen LogP contribution in [0.2, 0.25) is 0 Å². The van der Waals surface area contributed by atoms with Gasteiger partial charge in [0.2, 0.25) is 0 Å². The number of hydrogen-bond acceptors (Lipinski definition) is 6. The summed E-state index contributed by atoms with van der Waals surface area (Å²) in [6, 6.07) is 0. The first kappa shape index (κ1) is 23.2. The van der Waals surface area contributed by atoms with E-state index in [1.165, 1.54) is 0 Å². The maximum Gasteiger partial charge on any atom is 0.332 e. The van der Waals surface area contributed by atoms with Crippen molar-refractivity contribution in [2.45, 2.75) is 50.6 Å². The number of rotatable bonds is 15. The van der Waals surface area contributed by atoms with E-state index in [0.717, 1.165) is 12.8 Å². The molecule has 1 saturated heterocycles. The van der Waals surface area contributed by atoms with Crippen LogP contribution < -0.4 is 0 Å². The third-order valence-electron chi connectivity index (χ3n) is 4.28. The Hall–Kier alpha value is 0.125. The summed E-state index contributed by atoms with van der Waals surface area (Å²) in [7, 11) is 5.37. The van der Waals surface area contributed by atoms with Gasteiger partial charge in [0.15, 0.2) is 0 Å². The highest BCUT2D eigenvalue weighted by atomic mass is 32.7. The van der Waals surface area contributed by atoms with E-state index in [-0.39, 0.29) is 36.6 Å². The molecule has 1 fully saturated rings. The predicted molar refractivity (Wildman–Crippen MR) is 108 cm³/mol. The van der Waals surface area contributed by atoms with Gasteiger partial charge in [-0.2, -0.15) is 12.2 Å². The average molecular weight is 389 g/mol. The Morgan fingerprint density at radius 2 is 2.16 bits per heavy atom. The van der Waals surface area contributed by atoms with Crippen molar-refractivity contribution in [1.29, 1.82) is 0 Å². The van der Waals surface area contributed by atoms with E-state index in [9.17, 15) is 0 Å². The van der Waals surface area contributed by atoms with Crippen LogP contribution in [0.15, 0.2) is 24.8 Å². The monoisotopic (exact) mass is 389 g/mol. The largest absolute Gasteiger partial charge is 0.431 e. The first-order valence-electron chi connectivity index (χ1n) is 8.45. The topological polar surface area (TPSA) is 49.5 Å². The second-order valence-electron chi connectivity index (χ2n) is 6.30. The quantitative estimate of drug-likeness (QED) is 0.0885. The normalized spacial score (nSPS) is 26.8. The molecule has 1 rings (SSSR count). The molecule has 1 heterocycles. The van der Waals surface area contributed by atoms with Gasteiger partial charge >= 0.3 is 7.20 Å². The Kier molecular flexibility index (Phi) is 11.6. The molecule has 0 aliphatic carbocycles. The van der Waals surface area contributed by atoms with E-state index < -0.39 is 0 Å². The Morgan fingerprint density at radius 1 is 1.40 bits per heavy atom. The zero-order valence-electron chi connectivity index (χ0n) is 15.6. The van der Waals surface area contributed by atoms with Crippen LogP contribution in [0, 0.1) is 5.92 Å². The lowest BCUT2D eigenvalue weighted by molar-refractivity contribution is -0.130. The fourth-order valence-corrected chi connectivity index (χ4v) is 3.29. The Labute approximate surface area is 160 Å². The summed E-state index contributed by atoms with van der Waals surface area (Å²) < 4.78 is 28.1. The highest BCUT2D eigenvalue weighted by Crippen LogP contribution is 2.44. The lowest BCUT2D eigenvalue weighted by Crippen LogP contribution is -2.40. The van der Waals surface area contributed by atoms with Gasteiger partial charge in [0.05, 0.1) is 18.8 Å². The molecular weight excluding hydrogens is 358 g/mol. The molecule has 0 N–H and O–H groups in total. The molecule has 1 unspecified atom stereocenters. The van der Waals surface area contributed by atoms with Crippen LogP contribution in [0.1, 0.15) is 26.7 Å². The smallest absolute Gasteiger partial charge is 0.332 e. The molecule has 0 saturated carbocycles. The molecule has 0 spiro atoms. The molecule has 0 aromatic carbocycles. The van der Waals surface area contributed by atoms with Gasteiger partial charge in [-0.05, 0) is 19.8 Å². The summed E-state index contributed by atoms with van der Waals surface area (Å²) in [6.45, 7) is 8.63. The molecule has 6 atom stereocenters. The minimum Gasteiger partial charge on any atom is -0.431 e. The summed E-state index contributed by atoms with van der Waals surface area (Å²) in [5.41, 5.74) is -0.303. The van der Waals surface area contributed by atoms with Crippen LogP contribution in [0.5, 0.6) is 0 Å². The van der Waals surface area contributed by atoms with Crippen molar-refractivity contribution in [3.8, 4) is 0 Å². The number of hydrogen-bond donors (Lipinski definition) is 1. The van der Waals surface area contributed by atoms with Gasteiger partial charge in [-0.3, -0.25) is 0 Å². The van der Waals surface area contributed by atoms with Gasteiger partial charge in [-0.1, -0.05) is 32.8 Å². The molecule has 8 heteroatoms. The summed E-state index contributed by atoms with van der Waals surface area (Å²) in [5, 5.41) is 0. The van der Waals surface area contributed by atoms with Crippen LogP contribution in [0.3, 0.4) is 0 Å². The zero-order valence-corrected chi connectivity index (χ0v) is 17.5. The van der Waals surface area contributed by atoms with Gasteiger partial charge < -0.3 is 23.6 Å². The standard InChI is InChI=1S/C17H31BO5PS/c1-6-7-8-9-10-14(20-5)15(21-12-19-4)13(2)16-17(3,23-16)11-22-18-24-25/h6,9-10,13-16,24-25H,1,7-8,11-12H2,2-5H3/b10-9+/t13-,14-,15-,16+,17-/m0/s1. The molecule has 5 nitrogen and oxygen atoms in total. The number of allylic oxidation sites excluding steroid dienone is 2.